The molecule has 1 aromatic rings. The Morgan fingerprint density at radius 3 is 2.39 bits per heavy atom. The maximum atomic E-state index is 12.4. The fraction of sp³-hybridized carbons (Fsp3) is 0.364. The van der Waals surface area contributed by atoms with Gasteiger partial charge in [-0.25, -0.2) is 4.79 Å². The summed E-state index contributed by atoms with van der Waals surface area (Å²) >= 11 is 5.67. The second kappa shape index (κ2) is 5.48. The fourth-order valence-electron chi connectivity index (χ4n) is 1.21. The van der Waals surface area contributed by atoms with Gasteiger partial charge in [0.05, 0.1) is 16.3 Å². The van der Waals surface area contributed by atoms with Crippen LogP contribution >= 0.6 is 11.6 Å². The summed E-state index contributed by atoms with van der Waals surface area (Å²) in [4.78, 5) is 11.4. The average Bonchev–Trinajstić information content (AvgIpc) is 2.18. The Morgan fingerprint density at radius 1 is 1.33 bits per heavy atom. The van der Waals surface area contributed by atoms with Crippen LogP contribution in [-0.4, -0.2) is 12.1 Å². The van der Waals surface area contributed by atoms with E-state index >= 15 is 0 Å². The van der Waals surface area contributed by atoms with Gasteiger partial charge in [0.15, 0.2) is 0 Å². The number of hydrogen-bond acceptors (Lipinski definition) is 1. The van der Waals surface area contributed by atoms with Gasteiger partial charge in [0.25, 0.3) is 0 Å². The van der Waals surface area contributed by atoms with Gasteiger partial charge >= 0.3 is 12.2 Å². The van der Waals surface area contributed by atoms with Crippen molar-refractivity contribution in [2.75, 3.05) is 5.32 Å². The lowest BCUT2D eigenvalue weighted by atomic mass is 10.2. The molecule has 0 unspecified atom stereocenters. The third-order valence-electron chi connectivity index (χ3n) is 1.96. The highest BCUT2D eigenvalue weighted by molar-refractivity contribution is 6.33. The molecule has 3 nitrogen and oxygen atoms in total. The van der Waals surface area contributed by atoms with Crippen LogP contribution in [0.25, 0.3) is 0 Å². The summed E-state index contributed by atoms with van der Waals surface area (Å²) in [6.07, 6.45) is -4.46. The number of carbonyl (C=O) groups is 1. The first-order valence-electron chi connectivity index (χ1n) is 5.14. The Kier molecular flexibility index (Phi) is 4.45. The molecule has 0 radical (unpaired) electrons. The van der Waals surface area contributed by atoms with E-state index in [0.29, 0.717) is 0 Å². The zero-order valence-corrected chi connectivity index (χ0v) is 10.5. The van der Waals surface area contributed by atoms with Crippen molar-refractivity contribution >= 4 is 23.3 Å². The summed E-state index contributed by atoms with van der Waals surface area (Å²) in [6.45, 7) is 3.52. The minimum Gasteiger partial charge on any atom is -0.336 e. The van der Waals surface area contributed by atoms with E-state index in [0.717, 1.165) is 18.2 Å². The van der Waals surface area contributed by atoms with Crippen molar-refractivity contribution in [3.63, 3.8) is 0 Å². The van der Waals surface area contributed by atoms with E-state index in [2.05, 4.69) is 10.6 Å². The minimum atomic E-state index is -4.46. The number of urea groups is 1. The quantitative estimate of drug-likeness (QED) is 0.848. The van der Waals surface area contributed by atoms with E-state index in [1.54, 1.807) is 13.8 Å². The molecule has 0 atom stereocenters. The van der Waals surface area contributed by atoms with Gasteiger partial charge in [-0.05, 0) is 32.0 Å². The third-order valence-corrected chi connectivity index (χ3v) is 2.28. The van der Waals surface area contributed by atoms with Gasteiger partial charge in [0, 0.05) is 6.04 Å². The van der Waals surface area contributed by atoms with Gasteiger partial charge in [-0.2, -0.15) is 13.2 Å². The van der Waals surface area contributed by atoms with Gasteiger partial charge < -0.3 is 10.6 Å². The zero-order chi connectivity index (χ0) is 13.9. The van der Waals surface area contributed by atoms with E-state index in [4.69, 9.17) is 11.6 Å². The van der Waals surface area contributed by atoms with Gasteiger partial charge in [0.1, 0.15) is 0 Å². The SMILES string of the molecule is CC(C)NC(=O)Nc1ccc(C(F)(F)F)cc1Cl. The standard InChI is InChI=1S/C11H12ClF3N2O/c1-6(2)16-10(18)17-9-4-3-7(5-8(9)12)11(13,14)15/h3-6H,1-2H3,(H2,16,17,18). The summed E-state index contributed by atoms with van der Waals surface area (Å²) in [5.74, 6) is 0. The van der Waals surface area contributed by atoms with Gasteiger partial charge in [-0.3, -0.25) is 0 Å². The highest BCUT2D eigenvalue weighted by Gasteiger charge is 2.30. The van der Waals surface area contributed by atoms with Crippen molar-refractivity contribution in [2.45, 2.75) is 26.1 Å². The number of rotatable bonds is 2. The molecule has 0 saturated heterocycles. The molecular weight excluding hydrogens is 269 g/mol. The molecule has 0 aliphatic carbocycles. The van der Waals surface area contributed by atoms with Crippen molar-refractivity contribution < 1.29 is 18.0 Å². The van der Waals surface area contributed by atoms with Crippen LogP contribution in [0.15, 0.2) is 18.2 Å². The number of alkyl halides is 3. The van der Waals surface area contributed by atoms with Crippen LogP contribution in [0, 0.1) is 0 Å². The van der Waals surface area contributed by atoms with E-state index in [1.165, 1.54) is 0 Å². The van der Waals surface area contributed by atoms with Crippen molar-refractivity contribution in [1.82, 2.24) is 5.32 Å². The van der Waals surface area contributed by atoms with E-state index < -0.39 is 17.8 Å². The number of benzene rings is 1. The normalized spacial score (nSPS) is 11.5. The maximum Gasteiger partial charge on any atom is 0.416 e. The molecule has 1 rings (SSSR count). The predicted molar refractivity (Wildman–Crippen MR) is 63.7 cm³/mol. The molecule has 0 fully saturated rings. The van der Waals surface area contributed by atoms with Crippen LogP contribution < -0.4 is 10.6 Å². The molecule has 0 aromatic heterocycles. The second-order valence-electron chi connectivity index (χ2n) is 3.95. The molecule has 0 bridgehead atoms. The molecule has 2 N–H and O–H groups in total. The summed E-state index contributed by atoms with van der Waals surface area (Å²) in [5, 5.41) is 4.74. The highest BCUT2D eigenvalue weighted by atomic mass is 35.5. The average molecular weight is 281 g/mol. The lowest BCUT2D eigenvalue weighted by Gasteiger charge is -2.13. The Hall–Kier alpha value is -1.43. The number of carbonyl (C=O) groups excluding carboxylic acids is 1. The summed E-state index contributed by atoms with van der Waals surface area (Å²) < 4.78 is 37.1. The van der Waals surface area contributed by atoms with Gasteiger partial charge in [-0.15, -0.1) is 0 Å². The molecule has 0 aliphatic heterocycles. The summed E-state index contributed by atoms with van der Waals surface area (Å²) in [6, 6.07) is 2.14. The Bertz CT molecular complexity index is 446. The largest absolute Gasteiger partial charge is 0.416 e. The first-order chi connectivity index (χ1) is 8.20. The van der Waals surface area contributed by atoms with E-state index in [1.807, 2.05) is 0 Å². The number of nitrogens with one attached hydrogen (secondary N) is 2. The first-order valence-corrected chi connectivity index (χ1v) is 5.52. The zero-order valence-electron chi connectivity index (χ0n) is 9.73. The molecule has 0 spiro atoms. The number of hydrogen-bond donors (Lipinski definition) is 2. The molecule has 18 heavy (non-hydrogen) atoms. The summed E-state index contributed by atoms with van der Waals surface area (Å²) in [7, 11) is 0. The molecule has 2 amide bonds. The van der Waals surface area contributed by atoms with E-state index in [9.17, 15) is 18.0 Å². The molecule has 7 heteroatoms. The smallest absolute Gasteiger partial charge is 0.336 e. The Balaban J connectivity index is 2.84. The number of anilines is 1. The van der Waals surface area contributed by atoms with E-state index in [-0.39, 0.29) is 16.8 Å². The molecular formula is C11H12ClF3N2O. The van der Waals surface area contributed by atoms with Crippen molar-refractivity contribution in [3.05, 3.63) is 28.8 Å². The number of halogens is 4. The lowest BCUT2D eigenvalue weighted by molar-refractivity contribution is -0.137. The lowest BCUT2D eigenvalue weighted by Crippen LogP contribution is -2.34. The van der Waals surface area contributed by atoms with Gasteiger partial charge in [-0.1, -0.05) is 11.6 Å². The van der Waals surface area contributed by atoms with Crippen LogP contribution in [0.2, 0.25) is 5.02 Å². The van der Waals surface area contributed by atoms with Crippen molar-refractivity contribution in [1.29, 1.82) is 0 Å². The van der Waals surface area contributed by atoms with Crippen LogP contribution in [0.4, 0.5) is 23.7 Å². The first kappa shape index (κ1) is 14.6. The topological polar surface area (TPSA) is 41.1 Å². The molecule has 100 valence electrons. The second-order valence-corrected chi connectivity index (χ2v) is 4.35. The minimum absolute atomic E-state index is 0.0850. The fourth-order valence-corrected chi connectivity index (χ4v) is 1.44. The number of amides is 2. The van der Waals surface area contributed by atoms with Gasteiger partial charge in [0.2, 0.25) is 0 Å². The van der Waals surface area contributed by atoms with Crippen LogP contribution in [-0.2, 0) is 6.18 Å². The summed E-state index contributed by atoms with van der Waals surface area (Å²) in [5.41, 5.74) is -0.731. The van der Waals surface area contributed by atoms with Crippen LogP contribution in [0.5, 0.6) is 0 Å². The third kappa shape index (κ3) is 4.10. The molecule has 0 heterocycles. The maximum absolute atomic E-state index is 12.4. The Morgan fingerprint density at radius 2 is 1.94 bits per heavy atom. The predicted octanol–water partition coefficient (Wildman–Crippen LogP) is 3.89. The van der Waals surface area contributed by atoms with Crippen LogP contribution in [0.3, 0.4) is 0 Å². The molecule has 0 aliphatic rings. The molecule has 0 saturated carbocycles. The highest BCUT2D eigenvalue weighted by Crippen LogP contribution is 2.33. The van der Waals surface area contributed by atoms with Crippen molar-refractivity contribution in [3.8, 4) is 0 Å². The van der Waals surface area contributed by atoms with Crippen molar-refractivity contribution in [2.24, 2.45) is 0 Å². The Labute approximate surface area is 107 Å². The molecule has 1 aromatic carbocycles. The monoisotopic (exact) mass is 280 g/mol. The van der Waals surface area contributed by atoms with Crippen LogP contribution in [0.1, 0.15) is 19.4 Å².